The zero-order chi connectivity index (χ0) is 36.3. The first-order chi connectivity index (χ1) is 23.8. The van der Waals surface area contributed by atoms with Crippen LogP contribution in [0.25, 0.3) is 0 Å². The molecule has 0 saturated carbocycles. The number of aliphatic hydroxyl groups is 5. The first kappa shape index (κ1) is 52.2. The number of likely N-dealkylation sites (N-methyl/N-ethyl adjacent to an activating group) is 1. The summed E-state index contributed by atoms with van der Waals surface area (Å²) in [4.78, 5) is 0. The van der Waals surface area contributed by atoms with Crippen LogP contribution < -0.4 is 12.4 Å². The molecule has 0 aromatic heterocycles. The van der Waals surface area contributed by atoms with Gasteiger partial charge in [-0.15, -0.1) is 0 Å². The van der Waals surface area contributed by atoms with Crippen molar-refractivity contribution in [1.82, 2.24) is 0 Å². The summed E-state index contributed by atoms with van der Waals surface area (Å²) in [5, 5.41) is 50.5. The summed E-state index contributed by atoms with van der Waals surface area (Å²) >= 11 is 0. The molecule has 6 nitrogen and oxygen atoms in total. The highest BCUT2D eigenvalue weighted by molar-refractivity contribution is 4.80. The Morgan fingerprint density at radius 3 is 0.820 bits per heavy atom. The minimum Gasteiger partial charge on any atom is -1.00 e. The highest BCUT2D eigenvalue weighted by Gasteiger charge is 2.35. The van der Waals surface area contributed by atoms with E-state index >= 15 is 0 Å². The molecule has 0 aliphatic heterocycles. The van der Waals surface area contributed by atoms with E-state index in [1.165, 1.54) is 193 Å². The second-order valence-electron chi connectivity index (χ2n) is 16.2. The van der Waals surface area contributed by atoms with Crippen molar-refractivity contribution in [3.05, 3.63) is 0 Å². The molecule has 4 atom stereocenters. The Hall–Kier alpha value is 0.0500. The summed E-state index contributed by atoms with van der Waals surface area (Å²) in [5.41, 5.74) is 0. The van der Waals surface area contributed by atoms with Gasteiger partial charge in [-0.1, -0.05) is 194 Å². The van der Waals surface area contributed by atoms with Crippen molar-refractivity contribution in [3.8, 4) is 0 Å². The third kappa shape index (κ3) is 32.7. The Morgan fingerprint density at radius 1 is 0.360 bits per heavy atom. The van der Waals surface area contributed by atoms with Gasteiger partial charge in [-0.3, -0.25) is 0 Å². The molecule has 0 radical (unpaired) electrons. The van der Waals surface area contributed by atoms with Crippen molar-refractivity contribution in [2.45, 2.75) is 244 Å². The van der Waals surface area contributed by atoms with Crippen molar-refractivity contribution in [2.75, 3.05) is 33.3 Å². The number of halogens is 1. The Labute approximate surface area is 318 Å². The zero-order valence-electron chi connectivity index (χ0n) is 33.8. The van der Waals surface area contributed by atoms with Crippen LogP contribution in [0.4, 0.5) is 0 Å². The molecule has 0 amide bonds. The molecule has 5 N–H and O–H groups in total. The van der Waals surface area contributed by atoms with Crippen molar-refractivity contribution in [2.24, 2.45) is 0 Å². The minimum atomic E-state index is -1.56. The van der Waals surface area contributed by atoms with Gasteiger partial charge in [0.2, 0.25) is 0 Å². The molecule has 0 aliphatic rings. The van der Waals surface area contributed by atoms with Gasteiger partial charge in [0.25, 0.3) is 0 Å². The summed E-state index contributed by atoms with van der Waals surface area (Å²) in [6.07, 6.45) is 37.4. The van der Waals surface area contributed by atoms with E-state index in [2.05, 4.69) is 20.9 Å². The second kappa shape index (κ2) is 38.8. The van der Waals surface area contributed by atoms with E-state index in [-0.39, 0.29) is 12.4 Å². The number of hydrogen-bond acceptors (Lipinski definition) is 5. The SMILES string of the molecule is CCCCCCCCCCCCCCCCCC[N+](C)(CCCCCCCCCCCCCCCCCC)C[C@H](O)[C@@H](O)[C@@H](O)[C@H](O)CO.[Cl-]. The van der Waals surface area contributed by atoms with Crippen molar-refractivity contribution in [1.29, 1.82) is 0 Å². The van der Waals surface area contributed by atoms with E-state index in [0.29, 0.717) is 11.0 Å². The van der Waals surface area contributed by atoms with Crippen LogP contribution in [-0.2, 0) is 0 Å². The molecule has 304 valence electrons. The normalized spacial score (nSPS) is 14.4. The summed E-state index contributed by atoms with van der Waals surface area (Å²) in [5.74, 6) is 0. The molecule has 0 aliphatic carbocycles. The van der Waals surface area contributed by atoms with Crippen LogP contribution in [0.5, 0.6) is 0 Å². The smallest absolute Gasteiger partial charge is 0.131 e. The van der Waals surface area contributed by atoms with Crippen molar-refractivity contribution < 1.29 is 42.4 Å². The summed E-state index contributed by atoms with van der Waals surface area (Å²) in [6, 6.07) is 0. The number of unbranched alkanes of at least 4 members (excludes halogenated alkanes) is 30. The molecule has 7 heteroatoms. The average molecular weight is 737 g/mol. The molecule has 0 aromatic rings. The topological polar surface area (TPSA) is 101 Å². The molecule has 0 rings (SSSR count). The van der Waals surface area contributed by atoms with Crippen LogP contribution in [0.15, 0.2) is 0 Å². The third-order valence-electron chi connectivity index (χ3n) is 11.1. The summed E-state index contributed by atoms with van der Waals surface area (Å²) in [6.45, 7) is 6.15. The van der Waals surface area contributed by atoms with E-state index in [1.807, 2.05) is 0 Å². The molecule has 0 saturated heterocycles. The standard InChI is InChI=1S/C43H90NO5.ClH/c1-4-6-8-10-12-14-16-18-20-22-24-26-28-30-32-34-36-44(3,38-40(46)42(48)43(49)41(47)39-45)37-35-33-31-29-27-25-23-21-19-17-15-13-11-9-7-5-2;/h40-43,45-49H,4-39H2,1-3H3;1H/q+1;/p-1/t40-,41+,42+,43-;/m0./s1. The van der Waals surface area contributed by atoms with Gasteiger partial charge in [0.1, 0.15) is 31.0 Å². The predicted octanol–water partition coefficient (Wildman–Crippen LogP) is 7.40. The van der Waals surface area contributed by atoms with E-state index in [0.717, 1.165) is 25.9 Å². The molecule has 0 unspecified atom stereocenters. The summed E-state index contributed by atoms with van der Waals surface area (Å²) < 4.78 is 0.664. The Balaban J connectivity index is 0. The quantitative estimate of drug-likeness (QED) is 0.0334. The molecule has 0 bridgehead atoms. The second-order valence-corrected chi connectivity index (χ2v) is 16.2. The van der Waals surface area contributed by atoms with E-state index in [4.69, 9.17) is 0 Å². The molecule has 0 aromatic carbocycles. The van der Waals surface area contributed by atoms with Gasteiger partial charge in [0.15, 0.2) is 0 Å². The average Bonchev–Trinajstić information content (AvgIpc) is 3.10. The summed E-state index contributed by atoms with van der Waals surface area (Å²) in [7, 11) is 2.17. The lowest BCUT2D eigenvalue weighted by molar-refractivity contribution is -0.913. The van der Waals surface area contributed by atoms with E-state index < -0.39 is 31.0 Å². The van der Waals surface area contributed by atoms with Crippen LogP contribution in [0.2, 0.25) is 0 Å². The highest BCUT2D eigenvalue weighted by Crippen LogP contribution is 2.19. The maximum Gasteiger partial charge on any atom is 0.131 e. The van der Waals surface area contributed by atoms with Crippen LogP contribution >= 0.6 is 0 Å². The van der Waals surface area contributed by atoms with E-state index in [1.54, 1.807) is 0 Å². The maximum absolute atomic E-state index is 10.8. The first-order valence-corrected chi connectivity index (χ1v) is 22.0. The lowest BCUT2D eigenvalue weighted by Crippen LogP contribution is -3.00. The first-order valence-electron chi connectivity index (χ1n) is 22.0. The van der Waals surface area contributed by atoms with Gasteiger partial charge in [-0.05, 0) is 25.7 Å². The number of quaternary nitrogens is 1. The monoisotopic (exact) mass is 736 g/mol. The van der Waals surface area contributed by atoms with Gasteiger partial charge in [-0.25, -0.2) is 0 Å². The van der Waals surface area contributed by atoms with Gasteiger partial charge >= 0.3 is 0 Å². The van der Waals surface area contributed by atoms with Crippen LogP contribution in [-0.4, -0.2) is 87.7 Å². The Kier molecular flexibility index (Phi) is 40.4. The van der Waals surface area contributed by atoms with E-state index in [9.17, 15) is 25.5 Å². The lowest BCUT2D eigenvalue weighted by atomic mass is 10.0. The number of rotatable bonds is 40. The molecule has 0 heterocycles. The Bertz CT molecular complexity index is 621. The molecular weight excluding hydrogens is 646 g/mol. The number of nitrogens with zero attached hydrogens (tertiary/aromatic N) is 1. The van der Waals surface area contributed by atoms with Crippen LogP contribution in [0, 0.1) is 0 Å². The Morgan fingerprint density at radius 2 is 0.580 bits per heavy atom. The fourth-order valence-electron chi connectivity index (χ4n) is 7.50. The number of hydrogen-bond donors (Lipinski definition) is 5. The van der Waals surface area contributed by atoms with Gasteiger partial charge in [0.05, 0.1) is 26.7 Å². The predicted molar refractivity (Wildman–Crippen MR) is 211 cm³/mol. The molecule has 50 heavy (non-hydrogen) atoms. The highest BCUT2D eigenvalue weighted by atomic mass is 35.5. The fraction of sp³-hybridized carbons (Fsp3) is 1.00. The van der Waals surface area contributed by atoms with Crippen molar-refractivity contribution in [3.63, 3.8) is 0 Å². The maximum atomic E-state index is 10.8. The molecule has 0 fully saturated rings. The fourth-order valence-corrected chi connectivity index (χ4v) is 7.50. The number of aliphatic hydroxyl groups excluding tert-OH is 5. The largest absolute Gasteiger partial charge is 1.00 e. The minimum absolute atomic E-state index is 0. The van der Waals surface area contributed by atoms with Crippen LogP contribution in [0.1, 0.15) is 219 Å². The van der Waals surface area contributed by atoms with Crippen molar-refractivity contribution >= 4 is 0 Å². The zero-order valence-corrected chi connectivity index (χ0v) is 34.6. The van der Waals surface area contributed by atoms with Gasteiger partial charge in [0, 0.05) is 0 Å². The van der Waals surface area contributed by atoms with Crippen LogP contribution in [0.3, 0.4) is 0 Å². The van der Waals surface area contributed by atoms with Gasteiger partial charge < -0.3 is 42.4 Å². The third-order valence-corrected chi connectivity index (χ3v) is 11.1. The molecule has 0 spiro atoms. The molecular formula is C43H90ClNO5. The lowest BCUT2D eigenvalue weighted by Gasteiger charge is -2.38. The van der Waals surface area contributed by atoms with Gasteiger partial charge in [-0.2, -0.15) is 0 Å².